The third-order valence-electron chi connectivity index (χ3n) is 5.16. The van der Waals surface area contributed by atoms with Gasteiger partial charge in [0, 0.05) is 18.6 Å². The minimum absolute atomic E-state index is 0.369. The van der Waals surface area contributed by atoms with Crippen LogP contribution in [0.3, 0.4) is 0 Å². The summed E-state index contributed by atoms with van der Waals surface area (Å²) in [6.45, 7) is 6.37. The Labute approximate surface area is 122 Å². The van der Waals surface area contributed by atoms with Crippen molar-refractivity contribution >= 4 is 0 Å². The number of nitrogens with one attached hydrogen (secondary N) is 1. The summed E-state index contributed by atoms with van der Waals surface area (Å²) >= 11 is 0. The van der Waals surface area contributed by atoms with Crippen LogP contribution >= 0.6 is 0 Å². The Morgan fingerprint density at radius 3 is 2.65 bits per heavy atom. The zero-order valence-electron chi connectivity index (χ0n) is 12.8. The number of benzene rings is 1. The predicted molar refractivity (Wildman–Crippen MR) is 83.0 cm³/mol. The zero-order valence-corrected chi connectivity index (χ0v) is 12.8. The van der Waals surface area contributed by atoms with Crippen LogP contribution in [0.2, 0.25) is 0 Å². The van der Waals surface area contributed by atoms with Gasteiger partial charge in [0.2, 0.25) is 0 Å². The van der Waals surface area contributed by atoms with Crippen LogP contribution in [0.5, 0.6) is 0 Å². The molecule has 1 aromatic rings. The molecule has 0 radical (unpaired) electrons. The van der Waals surface area contributed by atoms with Crippen molar-refractivity contribution in [3.8, 4) is 0 Å². The lowest BCUT2D eigenvalue weighted by Gasteiger charge is -2.33. The van der Waals surface area contributed by atoms with Crippen LogP contribution in [0, 0.1) is 5.92 Å². The van der Waals surface area contributed by atoms with E-state index >= 15 is 0 Å². The second kappa shape index (κ2) is 6.28. The summed E-state index contributed by atoms with van der Waals surface area (Å²) in [4.78, 5) is 0. The highest BCUT2D eigenvalue weighted by molar-refractivity contribution is 5.35. The first kappa shape index (κ1) is 14.1. The largest absolute Gasteiger partial charge is 0.378 e. The highest BCUT2D eigenvalue weighted by Crippen LogP contribution is 2.42. The molecule has 0 bridgehead atoms. The average molecular weight is 273 g/mol. The van der Waals surface area contributed by atoms with Crippen LogP contribution < -0.4 is 5.32 Å². The fraction of sp³-hybridized carbons (Fsp3) is 0.667. The highest BCUT2D eigenvalue weighted by atomic mass is 16.5. The Morgan fingerprint density at radius 2 is 2.05 bits per heavy atom. The maximum absolute atomic E-state index is 5.81. The van der Waals surface area contributed by atoms with Crippen LogP contribution in [0.25, 0.3) is 0 Å². The summed E-state index contributed by atoms with van der Waals surface area (Å²) in [5, 5.41) is 3.73. The van der Waals surface area contributed by atoms with E-state index < -0.39 is 0 Å². The van der Waals surface area contributed by atoms with E-state index in [-0.39, 0.29) is 0 Å². The lowest BCUT2D eigenvalue weighted by Crippen LogP contribution is -2.33. The average Bonchev–Trinajstić information content (AvgIpc) is 2.81. The molecule has 1 aromatic carbocycles. The maximum atomic E-state index is 5.81. The first-order valence-electron chi connectivity index (χ1n) is 8.25. The topological polar surface area (TPSA) is 21.3 Å². The first-order valence-corrected chi connectivity index (χ1v) is 8.25. The van der Waals surface area contributed by atoms with Crippen molar-refractivity contribution in [1.82, 2.24) is 5.32 Å². The summed E-state index contributed by atoms with van der Waals surface area (Å²) in [6.07, 6.45) is 5.68. The van der Waals surface area contributed by atoms with Crippen molar-refractivity contribution in [3.63, 3.8) is 0 Å². The second-order valence-electron chi connectivity index (χ2n) is 6.32. The molecule has 110 valence electrons. The van der Waals surface area contributed by atoms with Crippen molar-refractivity contribution in [2.24, 2.45) is 5.92 Å². The van der Waals surface area contributed by atoms with Crippen molar-refractivity contribution < 1.29 is 4.74 Å². The van der Waals surface area contributed by atoms with Gasteiger partial charge in [-0.3, -0.25) is 0 Å². The maximum Gasteiger partial charge on any atom is 0.0594 e. The Kier molecular flexibility index (Phi) is 4.42. The molecule has 0 spiro atoms. The van der Waals surface area contributed by atoms with Gasteiger partial charge in [0.25, 0.3) is 0 Å². The molecule has 1 heterocycles. The summed E-state index contributed by atoms with van der Waals surface area (Å²) in [5.41, 5.74) is 3.12. The Balaban J connectivity index is 1.90. The lowest BCUT2D eigenvalue weighted by atomic mass is 9.75. The van der Waals surface area contributed by atoms with Gasteiger partial charge in [-0.1, -0.05) is 37.6 Å². The van der Waals surface area contributed by atoms with E-state index in [1.807, 2.05) is 0 Å². The molecule has 2 aliphatic rings. The van der Waals surface area contributed by atoms with Crippen LogP contribution in [0.1, 0.15) is 62.6 Å². The van der Waals surface area contributed by atoms with Crippen LogP contribution in [0.15, 0.2) is 24.3 Å². The Bertz CT molecular complexity index is 441. The molecule has 0 amide bonds. The summed E-state index contributed by atoms with van der Waals surface area (Å²) in [7, 11) is 0. The van der Waals surface area contributed by atoms with Crippen molar-refractivity contribution in [2.45, 2.75) is 57.6 Å². The summed E-state index contributed by atoms with van der Waals surface area (Å²) in [5.74, 6) is 1.40. The van der Waals surface area contributed by atoms with Crippen molar-refractivity contribution in [1.29, 1.82) is 0 Å². The molecule has 2 fully saturated rings. The normalized spacial score (nSPS) is 28.3. The quantitative estimate of drug-likeness (QED) is 0.874. The molecule has 1 N–H and O–H groups in total. The smallest absolute Gasteiger partial charge is 0.0594 e. The van der Waals surface area contributed by atoms with E-state index in [0.29, 0.717) is 18.1 Å². The van der Waals surface area contributed by atoms with Crippen molar-refractivity contribution in [2.75, 3.05) is 13.2 Å². The Hall–Kier alpha value is -0.860. The molecule has 1 aliphatic heterocycles. The first-order chi connectivity index (χ1) is 9.81. The van der Waals surface area contributed by atoms with Gasteiger partial charge < -0.3 is 10.1 Å². The van der Waals surface area contributed by atoms with E-state index in [2.05, 4.69) is 43.4 Å². The van der Waals surface area contributed by atoms with E-state index in [4.69, 9.17) is 4.74 Å². The third kappa shape index (κ3) is 2.64. The predicted octanol–water partition coefficient (Wildman–Crippen LogP) is 4.03. The molecule has 20 heavy (non-hydrogen) atoms. The molecule has 3 rings (SSSR count). The van der Waals surface area contributed by atoms with Gasteiger partial charge >= 0.3 is 0 Å². The molecular formula is C18H27NO. The molecular weight excluding hydrogens is 246 g/mol. The van der Waals surface area contributed by atoms with Crippen LogP contribution in [-0.4, -0.2) is 19.3 Å². The summed E-state index contributed by atoms with van der Waals surface area (Å²) in [6, 6.07) is 9.54. The van der Waals surface area contributed by atoms with Crippen LogP contribution in [-0.2, 0) is 4.74 Å². The minimum Gasteiger partial charge on any atom is -0.378 e. The molecule has 1 aliphatic carbocycles. The minimum atomic E-state index is 0.369. The molecule has 3 atom stereocenters. The number of hydrogen-bond acceptors (Lipinski definition) is 2. The Morgan fingerprint density at radius 1 is 1.25 bits per heavy atom. The molecule has 2 heteroatoms. The van der Waals surface area contributed by atoms with Gasteiger partial charge in [0.1, 0.15) is 0 Å². The molecule has 2 nitrogen and oxygen atoms in total. The zero-order chi connectivity index (χ0) is 13.9. The monoisotopic (exact) mass is 273 g/mol. The van der Waals surface area contributed by atoms with Crippen LogP contribution in [0.4, 0.5) is 0 Å². The highest BCUT2D eigenvalue weighted by Gasteiger charge is 2.34. The standard InChI is InChI=1S/C18H27NO/c1-3-19-18(15-11-12-20-13(15)2)17-10-5-4-9-16(17)14-7-6-8-14/h4-5,9-10,13-15,18-19H,3,6-8,11-12H2,1-2H3. The second-order valence-corrected chi connectivity index (χ2v) is 6.32. The SMILES string of the molecule is CCNC(c1ccccc1C1CCC1)C1CCOC1C. The van der Waals surface area contributed by atoms with E-state index in [9.17, 15) is 0 Å². The van der Waals surface area contributed by atoms with E-state index in [1.54, 1.807) is 5.56 Å². The van der Waals surface area contributed by atoms with Gasteiger partial charge in [-0.05, 0) is 49.8 Å². The molecule has 0 aromatic heterocycles. The lowest BCUT2D eigenvalue weighted by molar-refractivity contribution is 0.0954. The third-order valence-corrected chi connectivity index (χ3v) is 5.16. The summed E-state index contributed by atoms with van der Waals surface area (Å²) < 4.78 is 5.81. The molecule has 1 saturated carbocycles. The van der Waals surface area contributed by atoms with Gasteiger partial charge in [0.15, 0.2) is 0 Å². The molecule has 3 unspecified atom stereocenters. The number of rotatable bonds is 5. The number of ether oxygens (including phenoxy) is 1. The van der Waals surface area contributed by atoms with E-state index in [0.717, 1.165) is 19.1 Å². The van der Waals surface area contributed by atoms with Gasteiger partial charge in [-0.15, -0.1) is 0 Å². The number of hydrogen-bond donors (Lipinski definition) is 1. The fourth-order valence-corrected chi connectivity index (χ4v) is 3.78. The molecule has 1 saturated heterocycles. The van der Waals surface area contributed by atoms with Gasteiger partial charge in [-0.25, -0.2) is 0 Å². The van der Waals surface area contributed by atoms with Crippen molar-refractivity contribution in [3.05, 3.63) is 35.4 Å². The van der Waals surface area contributed by atoms with Gasteiger partial charge in [-0.2, -0.15) is 0 Å². The van der Waals surface area contributed by atoms with E-state index in [1.165, 1.54) is 31.2 Å². The fourth-order valence-electron chi connectivity index (χ4n) is 3.78. The van der Waals surface area contributed by atoms with Gasteiger partial charge in [0.05, 0.1) is 6.10 Å².